The molecule has 3 aromatic rings. The quantitative estimate of drug-likeness (QED) is 0.469. The van der Waals surface area contributed by atoms with Crippen LogP contribution in [0.25, 0.3) is 0 Å². The Hall–Kier alpha value is -1.14. The standard InChI is InChI=1S/C20H19ClNPSe/c1-16(17-8-4-2-5-9-17)22-23(24,19-10-6-3-7-11-19)20-14-12-18(21)13-15-20/h2-16H,1H3,(H,22,24)/t16-,23?/m0/s1. The summed E-state index contributed by atoms with van der Waals surface area (Å²) >= 11 is 9.59. The van der Waals surface area contributed by atoms with Crippen LogP contribution in [0.1, 0.15) is 18.5 Å². The Bertz CT molecular complexity index is 835. The van der Waals surface area contributed by atoms with Gasteiger partial charge in [0.25, 0.3) is 0 Å². The monoisotopic (exact) mass is 419 g/mol. The summed E-state index contributed by atoms with van der Waals surface area (Å²) in [6, 6.07) is 29.5. The number of halogens is 1. The number of rotatable bonds is 5. The first-order chi connectivity index (χ1) is 11.6. The molecule has 0 bridgehead atoms. The fraction of sp³-hybridized carbons (Fsp3) is 0.100. The fourth-order valence-corrected chi connectivity index (χ4v) is 7.78. The zero-order chi connectivity index (χ0) is 17.0. The van der Waals surface area contributed by atoms with Crippen LogP contribution in [0.3, 0.4) is 0 Å². The SMILES string of the molecule is C[C@H](NP(=[Se])(c1ccccc1)c1ccc(Cl)cc1)c1ccccc1. The molecule has 3 aromatic carbocycles. The summed E-state index contributed by atoms with van der Waals surface area (Å²) in [5, 5.41) is 7.17. The molecule has 3 rings (SSSR count). The normalized spacial score (nSPS) is 14.8. The fourth-order valence-electron chi connectivity index (χ4n) is 2.68. The van der Waals surface area contributed by atoms with E-state index in [1.165, 1.54) is 16.2 Å². The van der Waals surface area contributed by atoms with Crippen LogP contribution in [0, 0.1) is 0 Å². The van der Waals surface area contributed by atoms with Gasteiger partial charge in [0.2, 0.25) is 0 Å². The first kappa shape index (κ1) is 17.7. The van der Waals surface area contributed by atoms with Gasteiger partial charge < -0.3 is 0 Å². The number of benzene rings is 3. The molecule has 4 heteroatoms. The summed E-state index contributed by atoms with van der Waals surface area (Å²) in [5.74, 6) is 0. The third-order valence-electron chi connectivity index (χ3n) is 3.99. The van der Waals surface area contributed by atoms with Gasteiger partial charge in [-0.1, -0.05) is 0 Å². The number of nitrogens with one attached hydrogen (secondary N) is 1. The second-order valence-electron chi connectivity index (χ2n) is 5.68. The van der Waals surface area contributed by atoms with E-state index in [2.05, 4.69) is 93.8 Å². The van der Waals surface area contributed by atoms with Gasteiger partial charge in [-0.15, -0.1) is 0 Å². The molecule has 0 aliphatic heterocycles. The van der Waals surface area contributed by atoms with E-state index < -0.39 is 5.66 Å². The van der Waals surface area contributed by atoms with Crippen molar-refractivity contribution in [3.63, 3.8) is 0 Å². The van der Waals surface area contributed by atoms with E-state index in [4.69, 9.17) is 11.6 Å². The van der Waals surface area contributed by atoms with Crippen molar-refractivity contribution in [3.8, 4) is 0 Å². The van der Waals surface area contributed by atoms with Crippen LogP contribution in [-0.4, -0.2) is 15.1 Å². The summed E-state index contributed by atoms with van der Waals surface area (Å²) in [5.41, 5.74) is -0.569. The van der Waals surface area contributed by atoms with E-state index in [0.717, 1.165) is 5.02 Å². The first-order valence-electron chi connectivity index (χ1n) is 7.84. The van der Waals surface area contributed by atoms with Crippen molar-refractivity contribution in [3.05, 3.63) is 95.5 Å². The van der Waals surface area contributed by atoms with Crippen LogP contribution in [-0.2, 0) is 0 Å². The van der Waals surface area contributed by atoms with Gasteiger partial charge in [-0.3, -0.25) is 0 Å². The Balaban J connectivity index is 2.03. The van der Waals surface area contributed by atoms with Gasteiger partial charge >= 0.3 is 157 Å². The average Bonchev–Trinajstić information content (AvgIpc) is 2.63. The molecule has 0 spiro atoms. The molecule has 0 aromatic heterocycles. The Morgan fingerprint density at radius 2 is 1.29 bits per heavy atom. The van der Waals surface area contributed by atoms with Crippen LogP contribution in [0.5, 0.6) is 0 Å². The second-order valence-corrected chi connectivity index (χ2v) is 12.1. The summed E-state index contributed by atoms with van der Waals surface area (Å²) in [6.07, 6.45) is 0. The van der Waals surface area contributed by atoms with Crippen LogP contribution >= 0.6 is 17.3 Å². The van der Waals surface area contributed by atoms with Crippen molar-refractivity contribution < 1.29 is 0 Å². The molecule has 1 nitrogen and oxygen atoms in total. The van der Waals surface area contributed by atoms with Gasteiger partial charge in [-0.2, -0.15) is 0 Å². The molecule has 0 saturated carbocycles. The Labute approximate surface area is 156 Å². The Kier molecular flexibility index (Phi) is 5.76. The molecule has 122 valence electrons. The molecule has 1 N–H and O–H groups in total. The van der Waals surface area contributed by atoms with Crippen molar-refractivity contribution in [1.82, 2.24) is 5.09 Å². The third kappa shape index (κ3) is 3.91. The van der Waals surface area contributed by atoms with Crippen molar-refractivity contribution in [2.24, 2.45) is 0 Å². The molecular weight excluding hydrogens is 400 g/mol. The number of hydrogen-bond acceptors (Lipinski definition) is 1. The second kappa shape index (κ2) is 7.83. The Morgan fingerprint density at radius 1 is 0.792 bits per heavy atom. The molecule has 0 fully saturated rings. The molecule has 0 heterocycles. The van der Waals surface area contributed by atoms with E-state index >= 15 is 0 Å². The molecule has 0 saturated heterocycles. The predicted molar refractivity (Wildman–Crippen MR) is 108 cm³/mol. The van der Waals surface area contributed by atoms with Crippen molar-refractivity contribution in [2.75, 3.05) is 0 Å². The molecule has 24 heavy (non-hydrogen) atoms. The van der Waals surface area contributed by atoms with Gasteiger partial charge in [0, 0.05) is 0 Å². The maximum absolute atomic E-state index is 6.09. The van der Waals surface area contributed by atoms with E-state index in [1.807, 2.05) is 18.2 Å². The molecule has 0 amide bonds. The molecule has 0 aliphatic rings. The minimum atomic E-state index is -1.85. The minimum absolute atomic E-state index is 0.233. The van der Waals surface area contributed by atoms with Gasteiger partial charge in [0.1, 0.15) is 0 Å². The molecule has 1 unspecified atom stereocenters. The van der Waals surface area contributed by atoms with Crippen LogP contribution < -0.4 is 15.7 Å². The van der Waals surface area contributed by atoms with Crippen LogP contribution in [0.2, 0.25) is 5.02 Å². The van der Waals surface area contributed by atoms with Crippen LogP contribution in [0.4, 0.5) is 0 Å². The molecule has 2 atom stereocenters. The van der Waals surface area contributed by atoms with Crippen molar-refractivity contribution in [1.29, 1.82) is 0 Å². The topological polar surface area (TPSA) is 12.0 Å². The van der Waals surface area contributed by atoms with Crippen molar-refractivity contribution >= 4 is 43.0 Å². The summed E-state index contributed by atoms with van der Waals surface area (Å²) in [4.78, 5) is 0. The van der Waals surface area contributed by atoms with E-state index in [0.29, 0.717) is 0 Å². The molecule has 0 aliphatic carbocycles. The molecule has 0 radical (unpaired) electrons. The third-order valence-corrected chi connectivity index (χ3v) is 10.4. The van der Waals surface area contributed by atoms with Gasteiger partial charge in [0.05, 0.1) is 0 Å². The zero-order valence-electron chi connectivity index (χ0n) is 13.4. The van der Waals surface area contributed by atoms with Gasteiger partial charge in [0.15, 0.2) is 0 Å². The Morgan fingerprint density at radius 3 is 1.88 bits per heavy atom. The van der Waals surface area contributed by atoms with Gasteiger partial charge in [-0.25, -0.2) is 0 Å². The van der Waals surface area contributed by atoms with Gasteiger partial charge in [-0.05, 0) is 0 Å². The van der Waals surface area contributed by atoms with E-state index in [1.54, 1.807) is 0 Å². The summed E-state index contributed by atoms with van der Waals surface area (Å²) in [6.45, 7) is 2.21. The summed E-state index contributed by atoms with van der Waals surface area (Å²) < 4.78 is 0. The summed E-state index contributed by atoms with van der Waals surface area (Å²) in [7, 11) is 0. The maximum atomic E-state index is 6.09. The zero-order valence-corrected chi connectivity index (χ0v) is 16.8. The predicted octanol–water partition coefficient (Wildman–Crippen LogP) is 4.66. The van der Waals surface area contributed by atoms with E-state index in [-0.39, 0.29) is 6.04 Å². The van der Waals surface area contributed by atoms with E-state index in [9.17, 15) is 0 Å². The number of hydrogen-bond donors (Lipinski definition) is 1. The molecular formula is C20H19ClNPSe. The first-order valence-corrected chi connectivity index (χ1v) is 12.2. The average molecular weight is 419 g/mol. The van der Waals surface area contributed by atoms with Crippen LogP contribution in [0.15, 0.2) is 84.9 Å². The van der Waals surface area contributed by atoms with Crippen molar-refractivity contribution in [2.45, 2.75) is 13.0 Å².